The van der Waals surface area contributed by atoms with Crippen LogP contribution in [0.3, 0.4) is 0 Å². The van der Waals surface area contributed by atoms with Crippen LogP contribution in [0.15, 0.2) is 22.7 Å². The van der Waals surface area contributed by atoms with E-state index in [2.05, 4.69) is 5.16 Å². The maximum absolute atomic E-state index is 13.2. The minimum atomic E-state index is -0.143. The van der Waals surface area contributed by atoms with E-state index in [9.17, 15) is 9.59 Å². The van der Waals surface area contributed by atoms with E-state index in [1.54, 1.807) is 29.7 Å². The second-order valence-electron chi connectivity index (χ2n) is 7.52. The van der Waals surface area contributed by atoms with Crippen LogP contribution in [0.2, 0.25) is 0 Å². The van der Waals surface area contributed by atoms with Crippen LogP contribution in [-0.2, 0) is 11.3 Å². The fourth-order valence-electron chi connectivity index (χ4n) is 3.77. The predicted octanol–water partition coefficient (Wildman–Crippen LogP) is 2.19. The first kappa shape index (κ1) is 19.4. The van der Waals surface area contributed by atoms with Gasteiger partial charge >= 0.3 is 0 Å². The Morgan fingerprint density at radius 1 is 1.14 bits per heavy atom. The lowest BCUT2D eigenvalue weighted by Crippen LogP contribution is -2.41. The molecule has 8 heteroatoms. The molecular formula is C21H25N3O5. The number of aryl methyl sites for hydroxylation is 2. The van der Waals surface area contributed by atoms with Gasteiger partial charge in [0, 0.05) is 24.2 Å². The fourth-order valence-corrected chi connectivity index (χ4v) is 3.77. The number of hydrogen-bond donors (Lipinski definition) is 0. The van der Waals surface area contributed by atoms with Crippen molar-refractivity contribution in [3.8, 4) is 5.75 Å². The number of fused-ring (bicyclic) bond motifs is 1. The van der Waals surface area contributed by atoms with E-state index in [0.717, 1.165) is 5.56 Å². The molecule has 2 aliphatic rings. The zero-order valence-electron chi connectivity index (χ0n) is 16.9. The zero-order chi connectivity index (χ0) is 20.5. The number of ether oxygens (including phenoxy) is 2. The quantitative estimate of drug-likeness (QED) is 0.770. The van der Waals surface area contributed by atoms with Gasteiger partial charge in [-0.05, 0) is 39.0 Å². The summed E-state index contributed by atoms with van der Waals surface area (Å²) in [4.78, 5) is 29.6. The van der Waals surface area contributed by atoms with E-state index in [0.29, 0.717) is 67.8 Å². The molecule has 8 nitrogen and oxygen atoms in total. The fraction of sp³-hybridized carbons (Fsp3) is 0.476. The number of amides is 2. The van der Waals surface area contributed by atoms with Gasteiger partial charge in [-0.2, -0.15) is 0 Å². The lowest BCUT2D eigenvalue weighted by atomic mass is 10.1. The molecule has 2 amide bonds. The molecule has 1 atom stereocenters. The van der Waals surface area contributed by atoms with Crippen molar-refractivity contribution in [2.24, 2.45) is 0 Å². The Bertz CT molecular complexity index is 913. The van der Waals surface area contributed by atoms with Gasteiger partial charge in [0.05, 0.1) is 31.5 Å². The number of benzene rings is 1. The molecule has 0 radical (unpaired) electrons. The topological polar surface area (TPSA) is 85.1 Å². The van der Waals surface area contributed by atoms with Gasteiger partial charge < -0.3 is 23.8 Å². The average Bonchev–Trinajstić information content (AvgIpc) is 2.98. The second kappa shape index (κ2) is 7.87. The van der Waals surface area contributed by atoms with Crippen molar-refractivity contribution in [3.05, 3.63) is 46.3 Å². The maximum atomic E-state index is 13.2. The summed E-state index contributed by atoms with van der Waals surface area (Å²) in [6.45, 7) is 8.44. The number of carbonyl (C=O) groups excluding carboxylic acids is 2. The van der Waals surface area contributed by atoms with Crippen LogP contribution >= 0.6 is 0 Å². The molecule has 29 heavy (non-hydrogen) atoms. The number of carbonyl (C=O) groups is 2. The molecule has 0 bridgehead atoms. The molecule has 154 valence electrons. The van der Waals surface area contributed by atoms with Gasteiger partial charge in [-0.3, -0.25) is 9.59 Å². The standard InChI is InChI=1S/C21H25N3O5/c1-13-12-28-18-5-4-16(20(25)23-6-8-27-9-7-23)10-17(18)11-24(13)21(26)19-14(2)22-29-15(19)3/h4-5,10,13H,6-9,11-12H2,1-3H3/t13-/m0/s1. The Hall–Kier alpha value is -2.87. The van der Waals surface area contributed by atoms with Crippen LogP contribution in [0.1, 0.15) is 44.7 Å². The Kier molecular flexibility index (Phi) is 5.27. The number of morpholine rings is 1. The van der Waals surface area contributed by atoms with E-state index in [-0.39, 0.29) is 17.9 Å². The van der Waals surface area contributed by atoms with Crippen molar-refractivity contribution in [2.45, 2.75) is 33.4 Å². The second-order valence-corrected chi connectivity index (χ2v) is 7.52. The molecule has 1 aromatic heterocycles. The smallest absolute Gasteiger partial charge is 0.260 e. The van der Waals surface area contributed by atoms with Crippen molar-refractivity contribution in [2.75, 3.05) is 32.9 Å². The molecule has 0 unspecified atom stereocenters. The largest absolute Gasteiger partial charge is 0.491 e. The third kappa shape index (κ3) is 3.72. The molecule has 3 heterocycles. The molecule has 1 aromatic carbocycles. The van der Waals surface area contributed by atoms with Crippen molar-refractivity contribution in [1.82, 2.24) is 15.0 Å². The summed E-state index contributed by atoms with van der Waals surface area (Å²) < 4.78 is 16.4. The molecule has 0 N–H and O–H groups in total. The molecular weight excluding hydrogens is 374 g/mol. The summed E-state index contributed by atoms with van der Waals surface area (Å²) in [6, 6.07) is 5.30. The van der Waals surface area contributed by atoms with Crippen molar-refractivity contribution in [3.63, 3.8) is 0 Å². The van der Waals surface area contributed by atoms with Gasteiger partial charge in [0.15, 0.2) is 0 Å². The summed E-state index contributed by atoms with van der Waals surface area (Å²) in [7, 11) is 0. The Morgan fingerprint density at radius 2 is 1.90 bits per heavy atom. The molecule has 0 saturated carbocycles. The molecule has 0 aliphatic carbocycles. The number of aromatic nitrogens is 1. The van der Waals surface area contributed by atoms with Gasteiger partial charge in [-0.25, -0.2) is 0 Å². The van der Waals surface area contributed by atoms with Crippen LogP contribution in [0, 0.1) is 13.8 Å². The van der Waals surface area contributed by atoms with E-state index < -0.39 is 0 Å². The van der Waals surface area contributed by atoms with E-state index in [1.807, 2.05) is 19.1 Å². The van der Waals surface area contributed by atoms with Gasteiger partial charge in [-0.15, -0.1) is 0 Å². The predicted molar refractivity (Wildman–Crippen MR) is 104 cm³/mol. The highest BCUT2D eigenvalue weighted by Gasteiger charge is 2.31. The van der Waals surface area contributed by atoms with Gasteiger partial charge in [0.25, 0.3) is 11.8 Å². The average molecular weight is 399 g/mol. The van der Waals surface area contributed by atoms with Crippen LogP contribution in [0.4, 0.5) is 0 Å². The van der Waals surface area contributed by atoms with Crippen LogP contribution in [-0.4, -0.2) is 65.7 Å². The first-order valence-electron chi connectivity index (χ1n) is 9.82. The Balaban J connectivity index is 1.62. The highest BCUT2D eigenvalue weighted by Crippen LogP contribution is 2.29. The third-order valence-corrected chi connectivity index (χ3v) is 5.47. The van der Waals surface area contributed by atoms with Crippen molar-refractivity contribution < 1.29 is 23.6 Å². The van der Waals surface area contributed by atoms with Crippen molar-refractivity contribution in [1.29, 1.82) is 0 Å². The normalized spacial score (nSPS) is 19.3. The first-order valence-corrected chi connectivity index (χ1v) is 9.82. The number of rotatable bonds is 2. The summed E-state index contributed by atoms with van der Waals surface area (Å²) in [5, 5.41) is 3.90. The van der Waals surface area contributed by atoms with Crippen LogP contribution in [0.5, 0.6) is 5.75 Å². The SMILES string of the molecule is Cc1noc(C)c1C(=O)N1Cc2cc(C(=O)N3CCOCC3)ccc2OC[C@@H]1C. The molecule has 0 spiro atoms. The number of hydrogen-bond acceptors (Lipinski definition) is 6. The van der Waals surface area contributed by atoms with Crippen LogP contribution < -0.4 is 4.74 Å². The highest BCUT2D eigenvalue weighted by atomic mass is 16.5. The summed E-state index contributed by atoms with van der Waals surface area (Å²) in [5.74, 6) is 1.03. The molecule has 2 aromatic rings. The summed E-state index contributed by atoms with van der Waals surface area (Å²) in [6.07, 6.45) is 0. The van der Waals surface area contributed by atoms with E-state index >= 15 is 0 Å². The van der Waals surface area contributed by atoms with Gasteiger partial charge in [-0.1, -0.05) is 5.16 Å². The van der Waals surface area contributed by atoms with E-state index in [4.69, 9.17) is 14.0 Å². The lowest BCUT2D eigenvalue weighted by Gasteiger charge is -2.27. The monoisotopic (exact) mass is 399 g/mol. The Labute approximate surface area is 169 Å². The highest BCUT2D eigenvalue weighted by molar-refractivity contribution is 5.97. The molecule has 2 aliphatic heterocycles. The molecule has 1 fully saturated rings. The lowest BCUT2D eigenvalue weighted by molar-refractivity contribution is 0.0303. The minimum Gasteiger partial charge on any atom is -0.491 e. The zero-order valence-corrected chi connectivity index (χ0v) is 16.9. The van der Waals surface area contributed by atoms with Gasteiger partial charge in [0.1, 0.15) is 23.7 Å². The first-order chi connectivity index (χ1) is 14.0. The minimum absolute atomic E-state index is 0.0306. The summed E-state index contributed by atoms with van der Waals surface area (Å²) >= 11 is 0. The third-order valence-electron chi connectivity index (χ3n) is 5.47. The van der Waals surface area contributed by atoms with Gasteiger partial charge in [0.2, 0.25) is 0 Å². The Morgan fingerprint density at radius 3 is 2.59 bits per heavy atom. The number of nitrogens with zero attached hydrogens (tertiary/aromatic N) is 3. The van der Waals surface area contributed by atoms with Crippen molar-refractivity contribution >= 4 is 11.8 Å². The molecule has 1 saturated heterocycles. The van der Waals surface area contributed by atoms with E-state index in [1.165, 1.54) is 0 Å². The summed E-state index contributed by atoms with van der Waals surface area (Å²) in [5.41, 5.74) is 2.46. The molecule has 4 rings (SSSR count). The van der Waals surface area contributed by atoms with Crippen LogP contribution in [0.25, 0.3) is 0 Å². The maximum Gasteiger partial charge on any atom is 0.260 e.